The lowest BCUT2D eigenvalue weighted by molar-refractivity contribution is -0.384. The zero-order chi connectivity index (χ0) is 13.5. The van der Waals surface area contributed by atoms with Gasteiger partial charge in [-0.25, -0.2) is 4.79 Å². The molecule has 2 amide bonds. The van der Waals surface area contributed by atoms with Gasteiger partial charge in [0.05, 0.1) is 17.4 Å². The van der Waals surface area contributed by atoms with E-state index >= 15 is 0 Å². The normalized spacial score (nSPS) is 9.33. The van der Waals surface area contributed by atoms with E-state index < -0.39 is 11.0 Å². The number of urea groups is 1. The van der Waals surface area contributed by atoms with Gasteiger partial charge in [0.25, 0.3) is 0 Å². The molecule has 1 aromatic heterocycles. The molecule has 0 aliphatic heterocycles. The molecule has 0 spiro atoms. The van der Waals surface area contributed by atoms with Gasteiger partial charge in [0.15, 0.2) is 0 Å². The molecule has 0 atom stereocenters. The Balaban J connectivity index is 2.76. The molecule has 94 valence electrons. The molecule has 0 aliphatic carbocycles. The second-order valence-corrected chi connectivity index (χ2v) is 3.41. The lowest BCUT2D eigenvalue weighted by Gasteiger charge is -2.16. The van der Waals surface area contributed by atoms with Gasteiger partial charge in [-0.15, -0.1) is 0 Å². The second kappa shape index (κ2) is 6.15. The maximum atomic E-state index is 11.7. The molecule has 1 aromatic rings. The van der Waals surface area contributed by atoms with Crippen LogP contribution in [0.2, 0.25) is 0 Å². The van der Waals surface area contributed by atoms with Gasteiger partial charge < -0.3 is 10.2 Å². The largest absolute Gasteiger partial charge is 0.327 e. The third-order valence-corrected chi connectivity index (χ3v) is 2.14. The third kappa shape index (κ3) is 3.41. The fourth-order valence-corrected chi connectivity index (χ4v) is 1.17. The van der Waals surface area contributed by atoms with Gasteiger partial charge in [0, 0.05) is 19.8 Å². The maximum Gasteiger partial charge on any atom is 0.321 e. The summed E-state index contributed by atoms with van der Waals surface area (Å²) >= 11 is 0. The number of nitro groups is 1. The van der Waals surface area contributed by atoms with Crippen LogP contribution in [0.4, 0.5) is 16.2 Å². The number of aromatic nitrogens is 1. The fourth-order valence-electron chi connectivity index (χ4n) is 1.17. The Labute approximate surface area is 103 Å². The summed E-state index contributed by atoms with van der Waals surface area (Å²) in [5.74, 6) is 0. The average Bonchev–Trinajstić information content (AvgIpc) is 2.36. The first-order valence-corrected chi connectivity index (χ1v) is 5.03. The molecule has 1 heterocycles. The lowest BCUT2D eigenvalue weighted by Crippen LogP contribution is -2.32. The number of carbonyl (C=O) groups excluding carboxylic acids is 1. The van der Waals surface area contributed by atoms with Crippen molar-refractivity contribution < 1.29 is 9.72 Å². The van der Waals surface area contributed by atoms with Gasteiger partial charge in [-0.1, -0.05) is 0 Å². The highest BCUT2D eigenvalue weighted by Gasteiger charge is 2.17. The molecule has 0 radical (unpaired) electrons. The number of hydrogen-bond acceptors (Lipinski definition) is 5. The zero-order valence-corrected chi connectivity index (χ0v) is 9.66. The molecule has 0 saturated heterocycles. The minimum atomic E-state index is -0.627. The lowest BCUT2D eigenvalue weighted by atomic mass is 10.3. The summed E-state index contributed by atoms with van der Waals surface area (Å²) in [6, 6.07) is 2.73. The van der Waals surface area contributed by atoms with Crippen LogP contribution in [0, 0.1) is 21.4 Å². The van der Waals surface area contributed by atoms with Crippen LogP contribution in [-0.4, -0.2) is 34.4 Å². The third-order valence-electron chi connectivity index (χ3n) is 2.14. The van der Waals surface area contributed by atoms with Crippen LogP contribution in [0.3, 0.4) is 0 Å². The van der Waals surface area contributed by atoms with Crippen LogP contribution < -0.4 is 5.32 Å². The van der Waals surface area contributed by atoms with Crippen molar-refractivity contribution in [3.8, 4) is 6.07 Å². The fraction of sp³-hybridized carbons (Fsp3) is 0.300. The van der Waals surface area contributed by atoms with Crippen molar-refractivity contribution in [3.63, 3.8) is 0 Å². The van der Waals surface area contributed by atoms with Gasteiger partial charge in [0.2, 0.25) is 0 Å². The van der Waals surface area contributed by atoms with E-state index in [1.54, 1.807) is 0 Å². The highest BCUT2D eigenvalue weighted by atomic mass is 16.6. The molecular weight excluding hydrogens is 238 g/mol. The SMILES string of the molecule is CN(CCC#N)C(=O)Nc1ccncc1[N+](=O)[O-]. The summed E-state index contributed by atoms with van der Waals surface area (Å²) in [4.78, 5) is 26.6. The summed E-state index contributed by atoms with van der Waals surface area (Å²) in [7, 11) is 1.50. The van der Waals surface area contributed by atoms with Crippen molar-refractivity contribution in [1.29, 1.82) is 5.26 Å². The minimum Gasteiger partial charge on any atom is -0.327 e. The Kier molecular flexibility index (Phi) is 4.57. The first-order chi connectivity index (χ1) is 8.56. The highest BCUT2D eigenvalue weighted by molar-refractivity contribution is 5.91. The topological polar surface area (TPSA) is 112 Å². The van der Waals surface area contributed by atoms with Gasteiger partial charge in [-0.05, 0) is 6.07 Å². The molecular formula is C10H11N5O3. The molecule has 18 heavy (non-hydrogen) atoms. The van der Waals surface area contributed by atoms with Crippen molar-refractivity contribution in [2.24, 2.45) is 0 Å². The van der Waals surface area contributed by atoms with Crippen LogP contribution in [0.5, 0.6) is 0 Å². The second-order valence-electron chi connectivity index (χ2n) is 3.41. The summed E-state index contributed by atoms with van der Waals surface area (Å²) in [5.41, 5.74) is -0.205. The number of rotatable bonds is 4. The number of anilines is 1. The van der Waals surface area contributed by atoms with Crippen molar-refractivity contribution in [1.82, 2.24) is 9.88 Å². The summed E-state index contributed by atoms with van der Waals surface area (Å²) in [6.07, 6.45) is 2.60. The molecule has 0 unspecified atom stereocenters. The molecule has 0 aliphatic rings. The number of carbonyl (C=O) groups is 1. The number of hydrogen-bond donors (Lipinski definition) is 1. The maximum absolute atomic E-state index is 11.7. The predicted molar refractivity (Wildman–Crippen MR) is 62.8 cm³/mol. The molecule has 8 nitrogen and oxygen atoms in total. The van der Waals surface area contributed by atoms with E-state index in [0.717, 1.165) is 6.20 Å². The Hall–Kier alpha value is -2.69. The smallest absolute Gasteiger partial charge is 0.321 e. The monoisotopic (exact) mass is 249 g/mol. The molecule has 8 heteroatoms. The van der Waals surface area contributed by atoms with E-state index in [4.69, 9.17) is 5.26 Å². The van der Waals surface area contributed by atoms with Crippen LogP contribution in [0.1, 0.15) is 6.42 Å². The first-order valence-electron chi connectivity index (χ1n) is 5.03. The molecule has 1 rings (SSSR count). The molecule has 0 fully saturated rings. The number of nitrogens with one attached hydrogen (secondary N) is 1. The number of nitriles is 1. The van der Waals surface area contributed by atoms with E-state index in [1.807, 2.05) is 6.07 Å². The number of nitrogens with zero attached hydrogens (tertiary/aromatic N) is 4. The van der Waals surface area contributed by atoms with E-state index in [-0.39, 0.29) is 24.3 Å². The zero-order valence-electron chi connectivity index (χ0n) is 9.66. The van der Waals surface area contributed by atoms with Gasteiger partial charge in [-0.2, -0.15) is 5.26 Å². The molecule has 1 N–H and O–H groups in total. The highest BCUT2D eigenvalue weighted by Crippen LogP contribution is 2.21. The van der Waals surface area contributed by atoms with Crippen LogP contribution in [0.25, 0.3) is 0 Å². The standard InChI is InChI=1S/C10H11N5O3/c1-14(6-2-4-11)10(16)13-8-3-5-12-7-9(8)15(17)18/h3,5,7H,2,6H2,1H3,(H,12,13,16). The minimum absolute atomic E-state index is 0.0730. The molecule has 0 bridgehead atoms. The number of amides is 2. The Morgan fingerprint density at radius 2 is 2.44 bits per heavy atom. The van der Waals surface area contributed by atoms with E-state index in [2.05, 4.69) is 10.3 Å². The quantitative estimate of drug-likeness (QED) is 0.639. The summed E-state index contributed by atoms with van der Waals surface area (Å²) in [5, 5.41) is 21.5. The number of pyridine rings is 1. The van der Waals surface area contributed by atoms with Crippen molar-refractivity contribution in [3.05, 3.63) is 28.6 Å². The van der Waals surface area contributed by atoms with Crippen LogP contribution >= 0.6 is 0 Å². The Morgan fingerprint density at radius 3 is 3.06 bits per heavy atom. The van der Waals surface area contributed by atoms with E-state index in [0.29, 0.717) is 0 Å². The Morgan fingerprint density at radius 1 is 1.72 bits per heavy atom. The van der Waals surface area contributed by atoms with Gasteiger partial charge in [-0.3, -0.25) is 15.1 Å². The van der Waals surface area contributed by atoms with E-state index in [1.165, 1.54) is 24.2 Å². The average molecular weight is 249 g/mol. The van der Waals surface area contributed by atoms with Crippen molar-refractivity contribution in [2.45, 2.75) is 6.42 Å². The van der Waals surface area contributed by atoms with Crippen molar-refractivity contribution in [2.75, 3.05) is 18.9 Å². The Bertz CT molecular complexity index is 497. The van der Waals surface area contributed by atoms with Crippen molar-refractivity contribution >= 4 is 17.4 Å². The molecule has 0 aromatic carbocycles. The van der Waals surface area contributed by atoms with Gasteiger partial charge >= 0.3 is 11.7 Å². The van der Waals surface area contributed by atoms with Crippen LogP contribution in [0.15, 0.2) is 18.5 Å². The van der Waals surface area contributed by atoms with E-state index in [9.17, 15) is 14.9 Å². The van der Waals surface area contributed by atoms with Crippen LogP contribution in [-0.2, 0) is 0 Å². The summed E-state index contributed by atoms with van der Waals surface area (Å²) < 4.78 is 0. The first kappa shape index (κ1) is 13.4. The summed E-state index contributed by atoms with van der Waals surface area (Å²) in [6.45, 7) is 0.251. The van der Waals surface area contributed by atoms with Gasteiger partial charge in [0.1, 0.15) is 11.9 Å². The molecule has 0 saturated carbocycles. The predicted octanol–water partition coefficient (Wildman–Crippen LogP) is 1.37.